The van der Waals surface area contributed by atoms with Crippen LogP contribution in [0, 0.1) is 5.82 Å². The van der Waals surface area contributed by atoms with Gasteiger partial charge in [-0.1, -0.05) is 23.7 Å². The topological polar surface area (TPSA) is 76.3 Å². The lowest BCUT2D eigenvalue weighted by Gasteiger charge is -2.32. The Balaban J connectivity index is 1.50. The largest absolute Gasteiger partial charge is 0.366 e. The Labute approximate surface area is 178 Å². The number of fused-ring (bicyclic) bond motifs is 1. The van der Waals surface area contributed by atoms with Gasteiger partial charge in [-0.25, -0.2) is 4.39 Å². The maximum Gasteiger partial charge on any atom is 0.250 e. The second kappa shape index (κ2) is 8.40. The van der Waals surface area contributed by atoms with Crippen LogP contribution in [0.15, 0.2) is 48.5 Å². The minimum Gasteiger partial charge on any atom is -0.366 e. The SMILES string of the molecule is NC(=O)c1cc2cc(F)ccc2nc1C1CCN(C(=O)Cc2cccc(Cl)c2)CC1. The minimum absolute atomic E-state index is 0.0113. The van der Waals surface area contributed by atoms with Crippen LogP contribution in [0.4, 0.5) is 4.39 Å². The lowest BCUT2D eigenvalue weighted by Crippen LogP contribution is -2.39. The Bertz CT molecular complexity index is 1130. The Morgan fingerprint density at radius 1 is 1.13 bits per heavy atom. The first-order chi connectivity index (χ1) is 14.4. The molecule has 1 fully saturated rings. The molecule has 154 valence electrons. The first-order valence-corrected chi connectivity index (χ1v) is 10.2. The zero-order chi connectivity index (χ0) is 21.3. The molecule has 0 spiro atoms. The maximum absolute atomic E-state index is 13.5. The van der Waals surface area contributed by atoms with E-state index in [1.165, 1.54) is 12.1 Å². The molecule has 1 aliphatic heterocycles. The smallest absolute Gasteiger partial charge is 0.250 e. The van der Waals surface area contributed by atoms with E-state index in [4.69, 9.17) is 17.3 Å². The van der Waals surface area contributed by atoms with Gasteiger partial charge in [0.15, 0.2) is 0 Å². The average molecular weight is 426 g/mol. The molecule has 0 atom stereocenters. The molecule has 5 nitrogen and oxygen atoms in total. The van der Waals surface area contributed by atoms with E-state index >= 15 is 0 Å². The van der Waals surface area contributed by atoms with E-state index in [9.17, 15) is 14.0 Å². The number of likely N-dealkylation sites (tertiary alicyclic amines) is 1. The summed E-state index contributed by atoms with van der Waals surface area (Å²) < 4.78 is 13.5. The third-order valence-electron chi connectivity index (χ3n) is 5.55. The summed E-state index contributed by atoms with van der Waals surface area (Å²) in [6.45, 7) is 1.15. The van der Waals surface area contributed by atoms with Crippen molar-refractivity contribution in [2.24, 2.45) is 5.73 Å². The molecular formula is C23H21ClFN3O2. The number of amides is 2. The van der Waals surface area contributed by atoms with E-state index in [1.807, 2.05) is 17.0 Å². The number of piperidine rings is 1. The molecule has 0 saturated carbocycles. The quantitative estimate of drug-likeness (QED) is 0.684. The van der Waals surface area contributed by atoms with Gasteiger partial charge in [0.05, 0.1) is 23.2 Å². The van der Waals surface area contributed by atoms with Gasteiger partial charge in [-0.2, -0.15) is 0 Å². The summed E-state index contributed by atoms with van der Waals surface area (Å²) in [5.41, 5.74) is 8.03. The first kappa shape index (κ1) is 20.3. The summed E-state index contributed by atoms with van der Waals surface area (Å²) in [5, 5.41) is 1.15. The molecule has 3 aromatic rings. The van der Waals surface area contributed by atoms with Crippen LogP contribution in [0.5, 0.6) is 0 Å². The molecule has 0 bridgehead atoms. The molecular weight excluding hydrogens is 405 g/mol. The predicted molar refractivity (Wildman–Crippen MR) is 114 cm³/mol. The van der Waals surface area contributed by atoms with Crippen LogP contribution >= 0.6 is 11.6 Å². The molecule has 4 rings (SSSR count). The van der Waals surface area contributed by atoms with E-state index in [1.54, 1.807) is 24.3 Å². The fourth-order valence-electron chi connectivity index (χ4n) is 4.01. The van der Waals surface area contributed by atoms with Crippen molar-refractivity contribution < 1.29 is 14.0 Å². The predicted octanol–water partition coefficient (Wildman–Crippen LogP) is 4.07. The van der Waals surface area contributed by atoms with Gasteiger partial charge in [-0.05, 0) is 54.8 Å². The second-order valence-electron chi connectivity index (χ2n) is 7.58. The van der Waals surface area contributed by atoms with Crippen molar-refractivity contribution >= 4 is 34.3 Å². The number of nitrogens with two attached hydrogens (primary N) is 1. The zero-order valence-electron chi connectivity index (χ0n) is 16.3. The normalized spacial score (nSPS) is 14.8. The second-order valence-corrected chi connectivity index (χ2v) is 8.02. The van der Waals surface area contributed by atoms with Crippen molar-refractivity contribution in [2.75, 3.05) is 13.1 Å². The summed E-state index contributed by atoms with van der Waals surface area (Å²) in [4.78, 5) is 31.1. The van der Waals surface area contributed by atoms with E-state index in [0.717, 1.165) is 5.56 Å². The van der Waals surface area contributed by atoms with Crippen LogP contribution in [0.1, 0.15) is 40.4 Å². The summed E-state index contributed by atoms with van der Waals surface area (Å²) >= 11 is 6.00. The lowest BCUT2D eigenvalue weighted by molar-refractivity contribution is -0.131. The van der Waals surface area contributed by atoms with Crippen LogP contribution in [0.25, 0.3) is 10.9 Å². The van der Waals surface area contributed by atoms with Crippen LogP contribution in [0.2, 0.25) is 5.02 Å². The Morgan fingerprint density at radius 2 is 1.90 bits per heavy atom. The molecule has 2 heterocycles. The Hall–Kier alpha value is -2.99. The van der Waals surface area contributed by atoms with Crippen LogP contribution < -0.4 is 5.73 Å². The molecule has 1 saturated heterocycles. The average Bonchev–Trinajstić information content (AvgIpc) is 2.73. The van der Waals surface area contributed by atoms with Gasteiger partial charge in [0.25, 0.3) is 5.91 Å². The number of hydrogen-bond donors (Lipinski definition) is 1. The van der Waals surface area contributed by atoms with Crippen molar-refractivity contribution in [1.82, 2.24) is 9.88 Å². The molecule has 30 heavy (non-hydrogen) atoms. The molecule has 1 aliphatic rings. The Kier molecular flexibility index (Phi) is 5.68. The summed E-state index contributed by atoms with van der Waals surface area (Å²) in [7, 11) is 0. The van der Waals surface area contributed by atoms with E-state index in [0.29, 0.717) is 59.5 Å². The number of rotatable bonds is 4. The highest BCUT2D eigenvalue weighted by molar-refractivity contribution is 6.30. The third-order valence-corrected chi connectivity index (χ3v) is 5.79. The van der Waals surface area contributed by atoms with Crippen molar-refractivity contribution in [3.8, 4) is 0 Å². The van der Waals surface area contributed by atoms with Crippen molar-refractivity contribution in [2.45, 2.75) is 25.2 Å². The van der Waals surface area contributed by atoms with Gasteiger partial charge in [0, 0.05) is 29.4 Å². The highest BCUT2D eigenvalue weighted by Crippen LogP contribution is 2.31. The molecule has 2 amide bonds. The fraction of sp³-hybridized carbons (Fsp3) is 0.261. The van der Waals surface area contributed by atoms with Gasteiger partial charge in [0.2, 0.25) is 5.91 Å². The molecule has 1 aromatic heterocycles. The number of nitrogens with zero attached hydrogens (tertiary/aromatic N) is 2. The number of carbonyl (C=O) groups is 2. The minimum atomic E-state index is -0.580. The van der Waals surface area contributed by atoms with Gasteiger partial charge >= 0.3 is 0 Å². The van der Waals surface area contributed by atoms with Crippen LogP contribution in [-0.4, -0.2) is 34.8 Å². The van der Waals surface area contributed by atoms with Crippen molar-refractivity contribution in [3.63, 3.8) is 0 Å². The summed E-state index contributed by atoms with van der Waals surface area (Å²) in [6.07, 6.45) is 1.67. The number of hydrogen-bond acceptors (Lipinski definition) is 3. The summed E-state index contributed by atoms with van der Waals surface area (Å²) in [6, 6.07) is 13.2. The highest BCUT2D eigenvalue weighted by atomic mass is 35.5. The Morgan fingerprint density at radius 3 is 2.60 bits per heavy atom. The number of halogens is 2. The van der Waals surface area contributed by atoms with Gasteiger partial charge in [-0.15, -0.1) is 0 Å². The van der Waals surface area contributed by atoms with E-state index < -0.39 is 5.91 Å². The molecule has 0 radical (unpaired) electrons. The van der Waals surface area contributed by atoms with Gasteiger partial charge in [-0.3, -0.25) is 14.6 Å². The first-order valence-electron chi connectivity index (χ1n) is 9.83. The van der Waals surface area contributed by atoms with Crippen LogP contribution in [-0.2, 0) is 11.2 Å². The monoisotopic (exact) mass is 425 g/mol. The molecule has 0 unspecified atom stereocenters. The number of primary amides is 1. The molecule has 2 N–H and O–H groups in total. The number of carbonyl (C=O) groups excluding carboxylic acids is 2. The standard InChI is InChI=1S/C23H21ClFN3O2/c24-17-3-1-2-14(10-17)11-21(29)28-8-6-15(7-9-28)22-19(23(26)30)13-16-12-18(25)4-5-20(16)27-22/h1-5,10,12-13,15H,6-9,11H2,(H2,26,30). The molecule has 0 aliphatic carbocycles. The van der Waals surface area contributed by atoms with Crippen molar-refractivity contribution in [3.05, 3.63) is 76.2 Å². The summed E-state index contributed by atoms with van der Waals surface area (Å²) in [5.74, 6) is -0.910. The van der Waals surface area contributed by atoms with Gasteiger partial charge < -0.3 is 10.6 Å². The van der Waals surface area contributed by atoms with Crippen molar-refractivity contribution in [1.29, 1.82) is 0 Å². The highest BCUT2D eigenvalue weighted by Gasteiger charge is 2.27. The zero-order valence-corrected chi connectivity index (χ0v) is 17.0. The number of aromatic nitrogens is 1. The van der Waals surface area contributed by atoms with Gasteiger partial charge in [0.1, 0.15) is 5.82 Å². The van der Waals surface area contributed by atoms with E-state index in [-0.39, 0.29) is 17.6 Å². The third kappa shape index (κ3) is 4.28. The maximum atomic E-state index is 13.5. The molecule has 2 aromatic carbocycles. The number of pyridine rings is 1. The number of benzene rings is 2. The molecule has 7 heteroatoms. The van der Waals surface area contributed by atoms with Crippen LogP contribution in [0.3, 0.4) is 0 Å². The fourth-order valence-corrected chi connectivity index (χ4v) is 4.22. The van der Waals surface area contributed by atoms with E-state index in [2.05, 4.69) is 4.98 Å². The lowest BCUT2D eigenvalue weighted by atomic mass is 9.89.